The summed E-state index contributed by atoms with van der Waals surface area (Å²) < 4.78 is 0. The van der Waals surface area contributed by atoms with E-state index < -0.39 is 0 Å². The first-order valence-corrected chi connectivity index (χ1v) is 7.02. The molecule has 3 heteroatoms. The van der Waals surface area contributed by atoms with Gasteiger partial charge in [0.25, 0.3) is 0 Å². The van der Waals surface area contributed by atoms with Crippen LogP contribution in [0.15, 0.2) is 24.3 Å². The fraction of sp³-hybridized carbons (Fsp3) is 0.562. The Balaban J connectivity index is 2.18. The highest BCUT2D eigenvalue weighted by Gasteiger charge is 2.43. The highest BCUT2D eigenvalue weighted by atomic mass is 16.2. The molecule has 0 spiro atoms. The molecule has 1 atom stereocenters. The third kappa shape index (κ3) is 3.16. The Morgan fingerprint density at radius 1 is 1.42 bits per heavy atom. The van der Waals surface area contributed by atoms with Gasteiger partial charge in [0.2, 0.25) is 5.91 Å². The molecule has 1 aromatic carbocycles. The van der Waals surface area contributed by atoms with Gasteiger partial charge in [-0.1, -0.05) is 36.8 Å². The molecule has 2 rings (SSSR count). The Bertz CT molecular complexity index is 464. The maximum Gasteiger partial charge on any atom is 0.242 e. The Morgan fingerprint density at radius 3 is 2.58 bits per heavy atom. The second-order valence-corrected chi connectivity index (χ2v) is 5.90. The molecule has 3 nitrogen and oxygen atoms in total. The number of nitrogens with one attached hydrogen (secondary N) is 1. The molecule has 0 bridgehead atoms. The van der Waals surface area contributed by atoms with Gasteiger partial charge in [-0.15, -0.1) is 0 Å². The van der Waals surface area contributed by atoms with Crippen LogP contribution in [0.1, 0.15) is 43.4 Å². The SMILES string of the molecule is CCC1(NC(=O)[C@H](c2cccc(C)c2)N(C)C)CC1. The number of carbonyl (C=O) groups is 1. The van der Waals surface area contributed by atoms with Crippen LogP contribution in [0.3, 0.4) is 0 Å². The van der Waals surface area contributed by atoms with E-state index in [2.05, 4.69) is 31.3 Å². The number of likely N-dealkylation sites (N-methyl/N-ethyl adjacent to an activating group) is 1. The predicted molar refractivity (Wildman–Crippen MR) is 78.0 cm³/mol. The molecular weight excluding hydrogens is 236 g/mol. The van der Waals surface area contributed by atoms with Crippen molar-refractivity contribution in [3.05, 3.63) is 35.4 Å². The fourth-order valence-corrected chi connectivity index (χ4v) is 2.57. The lowest BCUT2D eigenvalue weighted by molar-refractivity contribution is -0.126. The van der Waals surface area contributed by atoms with Crippen LogP contribution in [-0.4, -0.2) is 30.4 Å². The normalized spacial score (nSPS) is 18.2. The van der Waals surface area contributed by atoms with Gasteiger partial charge in [-0.05, 0) is 45.8 Å². The summed E-state index contributed by atoms with van der Waals surface area (Å²) in [6.45, 7) is 4.20. The molecule has 0 saturated heterocycles. The van der Waals surface area contributed by atoms with Crippen molar-refractivity contribution >= 4 is 5.91 Å². The lowest BCUT2D eigenvalue weighted by Crippen LogP contribution is -2.43. The third-order valence-electron chi connectivity index (χ3n) is 4.04. The van der Waals surface area contributed by atoms with Gasteiger partial charge in [0.15, 0.2) is 0 Å². The van der Waals surface area contributed by atoms with Gasteiger partial charge >= 0.3 is 0 Å². The predicted octanol–water partition coefficient (Wildman–Crippen LogP) is 2.66. The summed E-state index contributed by atoms with van der Waals surface area (Å²) >= 11 is 0. The van der Waals surface area contributed by atoms with E-state index in [4.69, 9.17) is 0 Å². The number of benzene rings is 1. The summed E-state index contributed by atoms with van der Waals surface area (Å²) in [5.74, 6) is 0.120. The van der Waals surface area contributed by atoms with E-state index in [-0.39, 0.29) is 17.5 Å². The first kappa shape index (κ1) is 14.1. The van der Waals surface area contributed by atoms with E-state index in [0.29, 0.717) is 0 Å². The summed E-state index contributed by atoms with van der Waals surface area (Å²) in [6.07, 6.45) is 3.25. The minimum absolute atomic E-state index is 0.0785. The Morgan fingerprint density at radius 2 is 2.11 bits per heavy atom. The van der Waals surface area contributed by atoms with Crippen molar-refractivity contribution in [1.29, 1.82) is 0 Å². The van der Waals surface area contributed by atoms with E-state index in [9.17, 15) is 4.79 Å². The summed E-state index contributed by atoms with van der Waals surface area (Å²) in [7, 11) is 3.91. The van der Waals surface area contributed by atoms with Gasteiger partial charge in [-0.25, -0.2) is 0 Å². The lowest BCUT2D eigenvalue weighted by Gasteiger charge is -2.26. The molecular formula is C16H24N2O. The zero-order valence-electron chi connectivity index (χ0n) is 12.4. The number of amides is 1. The van der Waals surface area contributed by atoms with Crippen LogP contribution in [0.25, 0.3) is 0 Å². The van der Waals surface area contributed by atoms with Crippen LogP contribution in [0.2, 0.25) is 0 Å². The van der Waals surface area contributed by atoms with Crippen LogP contribution in [0.4, 0.5) is 0 Å². The first-order valence-electron chi connectivity index (χ1n) is 7.02. The topological polar surface area (TPSA) is 32.3 Å². The molecule has 1 aliphatic rings. The zero-order valence-corrected chi connectivity index (χ0v) is 12.4. The van der Waals surface area contributed by atoms with Crippen LogP contribution in [0, 0.1) is 6.92 Å². The number of aryl methyl sites for hydroxylation is 1. The molecule has 1 N–H and O–H groups in total. The molecule has 19 heavy (non-hydrogen) atoms. The summed E-state index contributed by atoms with van der Waals surface area (Å²) in [6, 6.07) is 7.99. The molecule has 0 unspecified atom stereocenters. The van der Waals surface area contributed by atoms with Crippen LogP contribution in [-0.2, 0) is 4.79 Å². The van der Waals surface area contributed by atoms with Crippen LogP contribution in [0.5, 0.6) is 0 Å². The largest absolute Gasteiger partial charge is 0.349 e. The van der Waals surface area contributed by atoms with Gasteiger partial charge in [-0.3, -0.25) is 9.69 Å². The summed E-state index contributed by atoms with van der Waals surface area (Å²) in [5, 5.41) is 3.24. The van der Waals surface area contributed by atoms with Crippen LogP contribution >= 0.6 is 0 Å². The highest BCUT2D eigenvalue weighted by Crippen LogP contribution is 2.39. The standard InChI is InChI=1S/C16H24N2O/c1-5-16(9-10-16)17-15(19)14(18(3)4)13-8-6-7-12(2)11-13/h6-8,11,14H,5,9-10H2,1-4H3,(H,17,19)/t14-/m0/s1. The number of rotatable bonds is 5. The molecule has 0 aromatic heterocycles. The monoisotopic (exact) mass is 260 g/mol. The van der Waals surface area contributed by atoms with E-state index in [1.807, 2.05) is 31.1 Å². The molecule has 0 aliphatic heterocycles. The Hall–Kier alpha value is -1.35. The molecule has 1 aromatic rings. The van der Waals surface area contributed by atoms with Gasteiger partial charge in [0, 0.05) is 5.54 Å². The van der Waals surface area contributed by atoms with Crippen molar-refractivity contribution in [2.24, 2.45) is 0 Å². The molecule has 1 aliphatic carbocycles. The van der Waals surface area contributed by atoms with Crippen LogP contribution < -0.4 is 5.32 Å². The number of carbonyl (C=O) groups excluding carboxylic acids is 1. The number of hydrogen-bond donors (Lipinski definition) is 1. The average molecular weight is 260 g/mol. The second kappa shape index (κ2) is 5.33. The maximum absolute atomic E-state index is 12.6. The van der Waals surface area contributed by atoms with Crippen molar-refractivity contribution in [3.63, 3.8) is 0 Å². The minimum atomic E-state index is -0.205. The molecule has 0 heterocycles. The van der Waals surface area contributed by atoms with E-state index >= 15 is 0 Å². The maximum atomic E-state index is 12.6. The van der Waals surface area contributed by atoms with Crippen molar-refractivity contribution in [2.75, 3.05) is 14.1 Å². The number of nitrogens with zero attached hydrogens (tertiary/aromatic N) is 1. The van der Waals surface area contributed by atoms with Gasteiger partial charge in [0.05, 0.1) is 0 Å². The van der Waals surface area contributed by atoms with Crippen molar-refractivity contribution < 1.29 is 4.79 Å². The Kier molecular flexibility index (Phi) is 3.95. The summed E-state index contributed by atoms with van der Waals surface area (Å²) in [4.78, 5) is 14.5. The molecule has 0 radical (unpaired) electrons. The molecule has 1 saturated carbocycles. The lowest BCUT2D eigenvalue weighted by atomic mass is 10.0. The summed E-state index contributed by atoms with van der Waals surface area (Å²) in [5.41, 5.74) is 2.33. The zero-order chi connectivity index (χ0) is 14.0. The second-order valence-electron chi connectivity index (χ2n) is 5.90. The highest BCUT2D eigenvalue weighted by molar-refractivity contribution is 5.84. The average Bonchev–Trinajstić information content (AvgIpc) is 3.09. The number of hydrogen-bond acceptors (Lipinski definition) is 2. The van der Waals surface area contributed by atoms with Crippen molar-refractivity contribution in [2.45, 2.75) is 44.7 Å². The van der Waals surface area contributed by atoms with Crippen molar-refractivity contribution in [3.8, 4) is 0 Å². The fourth-order valence-electron chi connectivity index (χ4n) is 2.57. The molecule has 1 fully saturated rings. The van der Waals surface area contributed by atoms with Gasteiger partial charge in [0.1, 0.15) is 6.04 Å². The van der Waals surface area contributed by atoms with E-state index in [1.165, 1.54) is 5.56 Å². The van der Waals surface area contributed by atoms with Gasteiger partial charge in [-0.2, -0.15) is 0 Å². The third-order valence-corrected chi connectivity index (χ3v) is 4.04. The quantitative estimate of drug-likeness (QED) is 0.882. The van der Waals surface area contributed by atoms with Crippen molar-refractivity contribution in [1.82, 2.24) is 10.2 Å². The molecule has 1 amide bonds. The smallest absolute Gasteiger partial charge is 0.242 e. The molecule has 104 valence electrons. The minimum Gasteiger partial charge on any atom is -0.349 e. The Labute approximate surface area is 116 Å². The van der Waals surface area contributed by atoms with E-state index in [1.54, 1.807) is 0 Å². The van der Waals surface area contributed by atoms with E-state index in [0.717, 1.165) is 24.8 Å². The van der Waals surface area contributed by atoms with Gasteiger partial charge < -0.3 is 5.32 Å². The first-order chi connectivity index (χ1) is 8.97.